The zero-order valence-corrected chi connectivity index (χ0v) is 15.8. The van der Waals surface area contributed by atoms with Crippen LogP contribution in [0, 0.1) is 5.92 Å². The van der Waals surface area contributed by atoms with Crippen molar-refractivity contribution in [3.05, 3.63) is 53.3 Å². The monoisotopic (exact) mass is 368 g/mol. The van der Waals surface area contributed by atoms with Crippen LogP contribution in [0.25, 0.3) is 0 Å². The number of ketones is 1. The van der Waals surface area contributed by atoms with Crippen LogP contribution >= 0.6 is 0 Å². The Morgan fingerprint density at radius 1 is 1.15 bits per heavy atom. The number of amides is 2. The van der Waals surface area contributed by atoms with E-state index in [-0.39, 0.29) is 35.9 Å². The van der Waals surface area contributed by atoms with Gasteiger partial charge in [-0.3, -0.25) is 19.1 Å². The summed E-state index contributed by atoms with van der Waals surface area (Å²) in [6, 6.07) is 10.4. The molecule has 27 heavy (non-hydrogen) atoms. The highest BCUT2D eigenvalue weighted by Crippen LogP contribution is 2.15. The Morgan fingerprint density at radius 2 is 1.85 bits per heavy atom. The van der Waals surface area contributed by atoms with Crippen molar-refractivity contribution in [1.82, 2.24) is 20.0 Å². The summed E-state index contributed by atoms with van der Waals surface area (Å²) < 4.78 is 1.54. The van der Waals surface area contributed by atoms with E-state index in [1.807, 2.05) is 26.8 Å². The lowest BCUT2D eigenvalue weighted by Gasteiger charge is -2.26. The second kappa shape index (κ2) is 7.73. The number of nitrogens with zero attached hydrogens (tertiary/aromatic N) is 3. The van der Waals surface area contributed by atoms with Crippen LogP contribution in [0.15, 0.2) is 36.4 Å². The molecule has 142 valence electrons. The van der Waals surface area contributed by atoms with Gasteiger partial charge >= 0.3 is 0 Å². The van der Waals surface area contributed by atoms with Gasteiger partial charge < -0.3 is 10.2 Å². The fourth-order valence-corrected chi connectivity index (χ4v) is 2.84. The second-order valence-corrected chi connectivity index (χ2v) is 7.16. The molecule has 3 rings (SSSR count). The highest BCUT2D eigenvalue weighted by molar-refractivity contribution is 6.03. The molecule has 0 spiro atoms. The standard InChI is InChI=1S/C20H24N4O3/c1-13(2)14(3)21-19(26)16-11-17-20(27)23(9-10-24(17)22-16)12-18(25)15-7-5-4-6-8-15/h4-8,11,13-14H,9-10,12H2,1-3H3,(H,21,26). The average molecular weight is 368 g/mol. The first-order chi connectivity index (χ1) is 12.9. The van der Waals surface area contributed by atoms with Crippen LogP contribution < -0.4 is 5.32 Å². The van der Waals surface area contributed by atoms with Gasteiger partial charge in [-0.05, 0) is 12.8 Å². The number of Topliss-reactive ketones (excluding diaryl/α,β-unsaturated/α-hetero) is 1. The van der Waals surface area contributed by atoms with Gasteiger partial charge in [-0.1, -0.05) is 44.2 Å². The smallest absolute Gasteiger partial charge is 0.272 e. The van der Waals surface area contributed by atoms with Crippen LogP contribution in [0.2, 0.25) is 0 Å². The van der Waals surface area contributed by atoms with Gasteiger partial charge in [0.15, 0.2) is 11.5 Å². The number of benzene rings is 1. The fraction of sp³-hybridized carbons (Fsp3) is 0.400. The van der Waals surface area contributed by atoms with Crippen molar-refractivity contribution in [2.45, 2.75) is 33.4 Å². The van der Waals surface area contributed by atoms with Crippen LogP contribution in [0.4, 0.5) is 0 Å². The van der Waals surface area contributed by atoms with Crippen molar-refractivity contribution in [3.63, 3.8) is 0 Å². The first-order valence-electron chi connectivity index (χ1n) is 9.13. The Balaban J connectivity index is 1.71. The average Bonchev–Trinajstić information content (AvgIpc) is 3.10. The maximum absolute atomic E-state index is 12.7. The lowest BCUT2D eigenvalue weighted by atomic mass is 10.1. The van der Waals surface area contributed by atoms with Gasteiger partial charge in [0.2, 0.25) is 0 Å². The molecule has 0 aliphatic carbocycles. The lowest BCUT2D eigenvalue weighted by Crippen LogP contribution is -2.43. The number of hydrogen-bond acceptors (Lipinski definition) is 4. The van der Waals surface area contributed by atoms with E-state index in [1.54, 1.807) is 28.9 Å². The van der Waals surface area contributed by atoms with Crippen molar-refractivity contribution in [2.75, 3.05) is 13.1 Å². The van der Waals surface area contributed by atoms with E-state index in [2.05, 4.69) is 10.4 Å². The first-order valence-corrected chi connectivity index (χ1v) is 9.13. The third-order valence-electron chi connectivity index (χ3n) is 4.89. The van der Waals surface area contributed by atoms with Gasteiger partial charge in [0.05, 0.1) is 13.1 Å². The minimum Gasteiger partial charge on any atom is -0.348 e. The summed E-state index contributed by atoms with van der Waals surface area (Å²) in [4.78, 5) is 39.0. The molecule has 2 heterocycles. The molecule has 0 bridgehead atoms. The highest BCUT2D eigenvalue weighted by atomic mass is 16.2. The van der Waals surface area contributed by atoms with Crippen molar-refractivity contribution < 1.29 is 14.4 Å². The molecule has 2 aromatic rings. The SMILES string of the molecule is CC(C)C(C)NC(=O)c1cc2n(n1)CCN(CC(=O)c1ccccc1)C2=O. The van der Waals surface area contributed by atoms with Gasteiger partial charge in [0.25, 0.3) is 11.8 Å². The molecule has 0 saturated carbocycles. The van der Waals surface area contributed by atoms with E-state index >= 15 is 0 Å². The molecule has 1 unspecified atom stereocenters. The molecule has 0 saturated heterocycles. The molecule has 1 aromatic carbocycles. The number of nitrogens with one attached hydrogen (secondary N) is 1. The Bertz CT molecular complexity index is 857. The Morgan fingerprint density at radius 3 is 2.52 bits per heavy atom. The molecule has 7 nitrogen and oxygen atoms in total. The maximum atomic E-state index is 12.7. The van der Waals surface area contributed by atoms with E-state index in [4.69, 9.17) is 0 Å². The van der Waals surface area contributed by atoms with Crippen LogP contribution in [0.5, 0.6) is 0 Å². The number of carbonyl (C=O) groups is 3. The van der Waals surface area contributed by atoms with Crippen LogP contribution in [-0.2, 0) is 6.54 Å². The Hall–Kier alpha value is -2.96. The molecule has 1 N–H and O–H groups in total. The molecule has 0 radical (unpaired) electrons. The molecule has 1 atom stereocenters. The highest BCUT2D eigenvalue weighted by Gasteiger charge is 2.29. The first kappa shape index (κ1) is 18.8. The quantitative estimate of drug-likeness (QED) is 0.791. The maximum Gasteiger partial charge on any atom is 0.272 e. The minimum absolute atomic E-state index is 0.00641. The number of aromatic nitrogens is 2. The van der Waals surface area contributed by atoms with Gasteiger partial charge in [-0.15, -0.1) is 0 Å². The molecule has 0 fully saturated rings. The largest absolute Gasteiger partial charge is 0.348 e. The van der Waals surface area contributed by atoms with Crippen molar-refractivity contribution >= 4 is 17.6 Å². The molecule has 1 aliphatic heterocycles. The van der Waals surface area contributed by atoms with E-state index in [0.717, 1.165) is 0 Å². The number of rotatable bonds is 6. The van der Waals surface area contributed by atoms with Crippen LogP contribution in [0.1, 0.15) is 52.1 Å². The molecular weight excluding hydrogens is 344 g/mol. The summed E-state index contributed by atoms with van der Waals surface area (Å²) >= 11 is 0. The van der Waals surface area contributed by atoms with Crippen LogP contribution in [0.3, 0.4) is 0 Å². The summed E-state index contributed by atoms with van der Waals surface area (Å²) in [6.07, 6.45) is 0. The predicted octanol–water partition coefficient (Wildman–Crippen LogP) is 2.00. The van der Waals surface area contributed by atoms with Crippen molar-refractivity contribution in [3.8, 4) is 0 Å². The topological polar surface area (TPSA) is 84.3 Å². The number of carbonyl (C=O) groups excluding carboxylic acids is 3. The molecule has 1 aromatic heterocycles. The Kier molecular flexibility index (Phi) is 5.39. The molecule has 1 aliphatic rings. The lowest BCUT2D eigenvalue weighted by molar-refractivity contribution is 0.0658. The summed E-state index contributed by atoms with van der Waals surface area (Å²) in [5.74, 6) is -0.389. The predicted molar refractivity (Wildman–Crippen MR) is 101 cm³/mol. The van der Waals surface area contributed by atoms with E-state index in [0.29, 0.717) is 30.3 Å². The third kappa shape index (κ3) is 4.07. The zero-order valence-electron chi connectivity index (χ0n) is 15.8. The van der Waals surface area contributed by atoms with Gasteiger partial charge in [-0.25, -0.2) is 0 Å². The van der Waals surface area contributed by atoms with Crippen molar-refractivity contribution in [1.29, 1.82) is 0 Å². The van der Waals surface area contributed by atoms with E-state index < -0.39 is 0 Å². The molecule has 2 amide bonds. The molecular formula is C20H24N4O3. The van der Waals surface area contributed by atoms with Gasteiger partial charge in [-0.2, -0.15) is 5.10 Å². The molecule has 7 heteroatoms. The van der Waals surface area contributed by atoms with Crippen LogP contribution in [-0.4, -0.2) is 51.4 Å². The number of fused-ring (bicyclic) bond motifs is 1. The van der Waals surface area contributed by atoms with E-state index in [1.165, 1.54) is 11.0 Å². The second-order valence-electron chi connectivity index (χ2n) is 7.16. The fourth-order valence-electron chi connectivity index (χ4n) is 2.84. The van der Waals surface area contributed by atoms with Gasteiger partial charge in [0.1, 0.15) is 5.69 Å². The van der Waals surface area contributed by atoms with Crippen molar-refractivity contribution in [2.24, 2.45) is 5.92 Å². The number of hydrogen-bond donors (Lipinski definition) is 1. The summed E-state index contributed by atoms with van der Waals surface area (Å²) in [7, 11) is 0. The summed E-state index contributed by atoms with van der Waals surface area (Å²) in [6.45, 7) is 6.83. The summed E-state index contributed by atoms with van der Waals surface area (Å²) in [5, 5.41) is 7.15. The van der Waals surface area contributed by atoms with E-state index in [9.17, 15) is 14.4 Å². The summed E-state index contributed by atoms with van der Waals surface area (Å²) in [5.41, 5.74) is 1.14. The van der Waals surface area contributed by atoms with Gasteiger partial charge in [0, 0.05) is 24.2 Å². The Labute approximate surface area is 158 Å². The minimum atomic E-state index is -0.294. The third-order valence-corrected chi connectivity index (χ3v) is 4.89. The normalized spacial score (nSPS) is 14.8. The zero-order chi connectivity index (χ0) is 19.6.